The molecule has 76 valence electrons. The summed E-state index contributed by atoms with van der Waals surface area (Å²) in [5, 5.41) is 0. The average molecular weight is 180 g/mol. The molecule has 0 amide bonds. The van der Waals surface area contributed by atoms with Gasteiger partial charge in [-0.1, -0.05) is 44.4 Å². The minimum Gasteiger partial charge on any atom is -0.103 e. The van der Waals surface area contributed by atoms with E-state index in [1.165, 1.54) is 37.7 Å². The highest BCUT2D eigenvalue weighted by atomic mass is 14.1. The molecule has 0 radical (unpaired) electrons. The maximum atomic E-state index is 4.05. The Hall–Kier alpha value is -0.520. The minimum atomic E-state index is 0.726. The monoisotopic (exact) mass is 180 g/mol. The van der Waals surface area contributed by atoms with Crippen molar-refractivity contribution in [3.63, 3.8) is 0 Å². The van der Waals surface area contributed by atoms with Gasteiger partial charge in [-0.2, -0.15) is 0 Å². The highest BCUT2D eigenvalue weighted by molar-refractivity contribution is 4.96. The zero-order valence-corrected chi connectivity index (χ0v) is 9.31. The van der Waals surface area contributed by atoms with Crippen LogP contribution in [0.25, 0.3) is 0 Å². The number of unbranched alkanes of at least 4 members (excludes halogenated alkanes) is 2. The Morgan fingerprint density at radius 3 is 2.46 bits per heavy atom. The van der Waals surface area contributed by atoms with Gasteiger partial charge >= 0.3 is 0 Å². The molecule has 0 aromatic heterocycles. The van der Waals surface area contributed by atoms with Crippen LogP contribution in [-0.2, 0) is 0 Å². The van der Waals surface area contributed by atoms with E-state index in [1.54, 1.807) is 0 Å². The lowest BCUT2D eigenvalue weighted by molar-refractivity contribution is 0.490. The van der Waals surface area contributed by atoms with Gasteiger partial charge in [-0.3, -0.25) is 0 Å². The van der Waals surface area contributed by atoms with Crippen LogP contribution in [0.2, 0.25) is 0 Å². The summed E-state index contributed by atoms with van der Waals surface area (Å²) in [6.07, 6.45) is 9.71. The Labute approximate surface area is 83.7 Å². The third-order valence-electron chi connectivity index (χ3n) is 2.57. The summed E-state index contributed by atoms with van der Waals surface area (Å²) in [6, 6.07) is 0. The molecule has 0 fully saturated rings. The van der Waals surface area contributed by atoms with Crippen molar-refractivity contribution < 1.29 is 0 Å². The molecule has 0 saturated heterocycles. The molecule has 0 rings (SSSR count). The van der Waals surface area contributed by atoms with E-state index in [1.807, 2.05) is 6.08 Å². The number of hydrogen-bond acceptors (Lipinski definition) is 0. The van der Waals surface area contributed by atoms with E-state index in [0.717, 1.165) is 12.3 Å². The summed E-state index contributed by atoms with van der Waals surface area (Å²) < 4.78 is 0. The predicted molar refractivity (Wildman–Crippen MR) is 61.9 cm³/mol. The first-order chi connectivity index (χ1) is 6.22. The second kappa shape index (κ2) is 8.10. The van der Waals surface area contributed by atoms with Gasteiger partial charge in [0.1, 0.15) is 0 Å². The minimum absolute atomic E-state index is 0.726. The fraction of sp³-hybridized carbons (Fsp3) is 0.692. The summed E-state index contributed by atoms with van der Waals surface area (Å²) in [5.74, 6) is 0.726. The first kappa shape index (κ1) is 12.5. The predicted octanol–water partition coefficient (Wildman–Crippen LogP) is 4.73. The number of rotatable bonds is 8. The summed E-state index contributed by atoms with van der Waals surface area (Å²) in [4.78, 5) is 0. The Kier molecular flexibility index (Phi) is 7.77. The molecule has 0 saturated carbocycles. The molecule has 0 nitrogen and oxygen atoms in total. The van der Waals surface area contributed by atoms with E-state index in [9.17, 15) is 0 Å². The fourth-order valence-corrected chi connectivity index (χ4v) is 1.60. The van der Waals surface area contributed by atoms with Crippen LogP contribution in [0.15, 0.2) is 24.8 Å². The third-order valence-corrected chi connectivity index (χ3v) is 2.57. The van der Waals surface area contributed by atoms with Gasteiger partial charge in [-0.25, -0.2) is 0 Å². The van der Waals surface area contributed by atoms with E-state index in [-0.39, 0.29) is 0 Å². The van der Waals surface area contributed by atoms with E-state index < -0.39 is 0 Å². The smallest absolute Gasteiger partial charge is 0.0206 e. The molecular formula is C13H24. The Balaban J connectivity index is 3.66. The molecule has 0 aromatic rings. The molecule has 1 unspecified atom stereocenters. The average Bonchev–Trinajstić information content (AvgIpc) is 2.10. The molecule has 0 aliphatic carbocycles. The van der Waals surface area contributed by atoms with E-state index >= 15 is 0 Å². The first-order valence-corrected chi connectivity index (χ1v) is 5.48. The summed E-state index contributed by atoms with van der Waals surface area (Å²) in [7, 11) is 0. The van der Waals surface area contributed by atoms with Crippen molar-refractivity contribution in [3.05, 3.63) is 24.8 Å². The third kappa shape index (κ3) is 6.62. The molecule has 0 aliphatic rings. The van der Waals surface area contributed by atoms with E-state index in [2.05, 4.69) is 27.0 Å². The maximum absolute atomic E-state index is 4.05. The van der Waals surface area contributed by atoms with Gasteiger partial charge in [0.2, 0.25) is 0 Å². The van der Waals surface area contributed by atoms with E-state index in [0.29, 0.717) is 0 Å². The van der Waals surface area contributed by atoms with E-state index in [4.69, 9.17) is 0 Å². The first-order valence-electron chi connectivity index (χ1n) is 5.48. The van der Waals surface area contributed by atoms with Crippen molar-refractivity contribution >= 4 is 0 Å². The van der Waals surface area contributed by atoms with Crippen LogP contribution < -0.4 is 0 Å². The molecule has 0 N–H and O–H groups in total. The Bertz CT molecular complexity index is 144. The van der Waals surface area contributed by atoms with Crippen molar-refractivity contribution in [2.45, 2.75) is 52.4 Å². The molecule has 0 aromatic carbocycles. The normalized spacial score (nSPS) is 12.5. The van der Waals surface area contributed by atoms with Gasteiger partial charge in [0.15, 0.2) is 0 Å². The van der Waals surface area contributed by atoms with Crippen LogP contribution in [0.4, 0.5) is 0 Å². The SMILES string of the molecule is C=CCCC(CCCCC)C(=C)C. The van der Waals surface area contributed by atoms with Crippen molar-refractivity contribution in [1.29, 1.82) is 0 Å². The molecule has 0 bridgehead atoms. The van der Waals surface area contributed by atoms with Crippen LogP contribution in [0.3, 0.4) is 0 Å². The van der Waals surface area contributed by atoms with Crippen molar-refractivity contribution in [3.8, 4) is 0 Å². The van der Waals surface area contributed by atoms with Gasteiger partial charge in [-0.05, 0) is 32.1 Å². The standard InChI is InChI=1S/C13H24/c1-5-7-9-11-13(12(3)4)10-8-6-2/h6,13H,2-3,5,7-11H2,1,4H3. The number of allylic oxidation sites excluding steroid dienone is 2. The van der Waals surface area contributed by atoms with Crippen LogP contribution in [0.1, 0.15) is 52.4 Å². The molecule has 0 heterocycles. The second-order valence-corrected chi connectivity index (χ2v) is 3.91. The van der Waals surface area contributed by atoms with Gasteiger partial charge in [0.25, 0.3) is 0 Å². The largest absolute Gasteiger partial charge is 0.103 e. The van der Waals surface area contributed by atoms with Crippen molar-refractivity contribution in [2.24, 2.45) is 5.92 Å². The van der Waals surface area contributed by atoms with Crippen LogP contribution in [0, 0.1) is 5.92 Å². The molecular weight excluding hydrogens is 156 g/mol. The second-order valence-electron chi connectivity index (χ2n) is 3.91. The lowest BCUT2D eigenvalue weighted by Crippen LogP contribution is -2.00. The highest BCUT2D eigenvalue weighted by Crippen LogP contribution is 2.22. The lowest BCUT2D eigenvalue weighted by atomic mass is 9.91. The quantitative estimate of drug-likeness (QED) is 0.374. The summed E-state index contributed by atoms with van der Waals surface area (Å²) in [5.41, 5.74) is 1.35. The van der Waals surface area contributed by atoms with Crippen LogP contribution in [-0.4, -0.2) is 0 Å². The van der Waals surface area contributed by atoms with Crippen LogP contribution in [0.5, 0.6) is 0 Å². The zero-order valence-electron chi connectivity index (χ0n) is 9.31. The van der Waals surface area contributed by atoms with Gasteiger partial charge in [0, 0.05) is 0 Å². The van der Waals surface area contributed by atoms with Crippen molar-refractivity contribution in [2.75, 3.05) is 0 Å². The topological polar surface area (TPSA) is 0 Å². The molecule has 0 spiro atoms. The lowest BCUT2D eigenvalue weighted by Gasteiger charge is -2.15. The molecule has 0 aliphatic heterocycles. The molecule has 1 atom stereocenters. The Morgan fingerprint density at radius 2 is 2.00 bits per heavy atom. The van der Waals surface area contributed by atoms with Crippen molar-refractivity contribution in [1.82, 2.24) is 0 Å². The van der Waals surface area contributed by atoms with Gasteiger partial charge in [-0.15, -0.1) is 6.58 Å². The van der Waals surface area contributed by atoms with Gasteiger partial charge in [0.05, 0.1) is 0 Å². The Morgan fingerprint density at radius 1 is 1.31 bits per heavy atom. The number of hydrogen-bond donors (Lipinski definition) is 0. The maximum Gasteiger partial charge on any atom is -0.0206 e. The fourth-order valence-electron chi connectivity index (χ4n) is 1.60. The van der Waals surface area contributed by atoms with Gasteiger partial charge < -0.3 is 0 Å². The highest BCUT2D eigenvalue weighted by Gasteiger charge is 2.07. The van der Waals surface area contributed by atoms with Crippen LogP contribution >= 0.6 is 0 Å². The molecule has 13 heavy (non-hydrogen) atoms. The summed E-state index contributed by atoms with van der Waals surface area (Å²) >= 11 is 0. The summed E-state index contributed by atoms with van der Waals surface area (Å²) in [6.45, 7) is 12.2. The zero-order chi connectivity index (χ0) is 10.1. The molecule has 0 heteroatoms.